The zero-order valence-corrected chi connectivity index (χ0v) is 23.5. The van der Waals surface area contributed by atoms with E-state index < -0.39 is 6.10 Å². The van der Waals surface area contributed by atoms with Crippen LogP contribution in [-0.4, -0.2) is 38.2 Å². The Morgan fingerprint density at radius 2 is 1.74 bits per heavy atom. The van der Waals surface area contributed by atoms with Gasteiger partial charge in [-0.15, -0.1) is 11.3 Å². The molecule has 0 bridgehead atoms. The summed E-state index contributed by atoms with van der Waals surface area (Å²) >= 11 is 1.67. The molecule has 4 aromatic rings. The lowest BCUT2D eigenvalue weighted by Crippen LogP contribution is -2.28. The molecule has 1 amide bonds. The van der Waals surface area contributed by atoms with E-state index in [1.807, 2.05) is 55.5 Å². The second-order valence-corrected chi connectivity index (χ2v) is 10.1. The second kappa shape index (κ2) is 13.3. The first kappa shape index (κ1) is 28.1. The molecule has 0 N–H and O–H groups in total. The van der Waals surface area contributed by atoms with Crippen molar-refractivity contribution in [3.8, 4) is 16.2 Å². The topological polar surface area (TPSA) is 78.2 Å². The molecule has 0 fully saturated rings. The standard InChI is InChI=1S/C31H33NO6S/c1-5-35-26(31(34)36-6-2)19-22-9-15-25(16-10-22)38-20-28-21(3)18-27(39-28)23-11-13-24(14-12-23)30(33)32(4)29-8-7-17-37-29/h7-18,26H,5-6,19-20H2,1-4H3. The van der Waals surface area contributed by atoms with Crippen LogP contribution in [0.2, 0.25) is 0 Å². The molecule has 4 rings (SSSR count). The van der Waals surface area contributed by atoms with Crippen molar-refractivity contribution in [3.05, 3.63) is 94.6 Å². The van der Waals surface area contributed by atoms with Gasteiger partial charge in [0.05, 0.1) is 12.9 Å². The predicted octanol–water partition coefficient (Wildman–Crippen LogP) is 6.68. The maximum Gasteiger partial charge on any atom is 0.335 e. The first-order valence-corrected chi connectivity index (χ1v) is 13.7. The number of carbonyl (C=O) groups excluding carboxylic acids is 2. The van der Waals surface area contributed by atoms with Gasteiger partial charge in [-0.05, 0) is 73.9 Å². The molecule has 0 aliphatic heterocycles. The van der Waals surface area contributed by atoms with Crippen molar-refractivity contribution in [2.75, 3.05) is 25.2 Å². The van der Waals surface area contributed by atoms with Crippen molar-refractivity contribution in [2.45, 2.75) is 39.9 Å². The highest BCUT2D eigenvalue weighted by Gasteiger charge is 2.20. The van der Waals surface area contributed by atoms with Crippen LogP contribution >= 0.6 is 11.3 Å². The van der Waals surface area contributed by atoms with Crippen LogP contribution in [0.3, 0.4) is 0 Å². The summed E-state index contributed by atoms with van der Waals surface area (Å²) in [5.41, 5.74) is 3.76. The van der Waals surface area contributed by atoms with Gasteiger partial charge in [0.25, 0.3) is 5.91 Å². The van der Waals surface area contributed by atoms with Gasteiger partial charge in [-0.2, -0.15) is 0 Å². The Balaban J connectivity index is 1.36. The lowest BCUT2D eigenvalue weighted by molar-refractivity contribution is -0.156. The smallest absolute Gasteiger partial charge is 0.335 e. The quantitative estimate of drug-likeness (QED) is 0.184. The summed E-state index contributed by atoms with van der Waals surface area (Å²) in [6, 6.07) is 20.9. The van der Waals surface area contributed by atoms with Crippen LogP contribution in [0.25, 0.3) is 10.4 Å². The molecule has 0 aliphatic rings. The zero-order valence-electron chi connectivity index (χ0n) is 22.6. The number of furan rings is 1. The molecule has 0 radical (unpaired) electrons. The number of rotatable bonds is 12. The van der Waals surface area contributed by atoms with Crippen LogP contribution in [0.5, 0.6) is 5.75 Å². The molecule has 1 atom stereocenters. The summed E-state index contributed by atoms with van der Waals surface area (Å²) in [5, 5.41) is 0. The fourth-order valence-electron chi connectivity index (χ4n) is 4.07. The highest BCUT2D eigenvalue weighted by molar-refractivity contribution is 7.15. The van der Waals surface area contributed by atoms with Crippen molar-refractivity contribution in [2.24, 2.45) is 0 Å². The van der Waals surface area contributed by atoms with E-state index >= 15 is 0 Å². The van der Waals surface area contributed by atoms with Crippen molar-refractivity contribution < 1.29 is 28.2 Å². The average Bonchev–Trinajstić information content (AvgIpc) is 3.62. The Kier molecular flexibility index (Phi) is 9.57. The summed E-state index contributed by atoms with van der Waals surface area (Å²) in [5.74, 6) is 0.781. The third-order valence-electron chi connectivity index (χ3n) is 6.21. The van der Waals surface area contributed by atoms with Crippen LogP contribution in [0.4, 0.5) is 5.88 Å². The zero-order chi connectivity index (χ0) is 27.8. The molecule has 2 aromatic carbocycles. The minimum atomic E-state index is -0.613. The number of ether oxygens (including phenoxy) is 3. The van der Waals surface area contributed by atoms with Crippen LogP contribution in [-0.2, 0) is 27.3 Å². The number of anilines is 1. The van der Waals surface area contributed by atoms with Crippen LogP contribution in [0.15, 0.2) is 77.4 Å². The summed E-state index contributed by atoms with van der Waals surface area (Å²) in [6.45, 7) is 6.94. The highest BCUT2D eigenvalue weighted by Crippen LogP contribution is 2.32. The monoisotopic (exact) mass is 547 g/mol. The number of thiophene rings is 1. The molecule has 2 heterocycles. The molecule has 0 aliphatic carbocycles. The highest BCUT2D eigenvalue weighted by atomic mass is 32.1. The molecule has 39 heavy (non-hydrogen) atoms. The second-order valence-electron chi connectivity index (χ2n) is 8.94. The predicted molar refractivity (Wildman–Crippen MR) is 152 cm³/mol. The van der Waals surface area contributed by atoms with Gasteiger partial charge in [-0.25, -0.2) is 4.79 Å². The number of esters is 1. The molecular weight excluding hydrogens is 514 g/mol. The Morgan fingerprint density at radius 1 is 1.00 bits per heavy atom. The molecule has 0 saturated carbocycles. The lowest BCUT2D eigenvalue weighted by Gasteiger charge is -2.15. The van der Waals surface area contributed by atoms with Crippen molar-refractivity contribution in [1.82, 2.24) is 0 Å². The Morgan fingerprint density at radius 3 is 2.38 bits per heavy atom. The molecule has 7 nitrogen and oxygen atoms in total. The van der Waals surface area contributed by atoms with Crippen LogP contribution in [0, 0.1) is 6.92 Å². The fourth-order valence-corrected chi connectivity index (χ4v) is 5.16. The van der Waals surface area contributed by atoms with E-state index in [0.717, 1.165) is 32.2 Å². The van der Waals surface area contributed by atoms with E-state index in [1.165, 1.54) is 4.90 Å². The van der Waals surface area contributed by atoms with E-state index in [9.17, 15) is 9.59 Å². The first-order valence-electron chi connectivity index (χ1n) is 12.9. The molecule has 0 spiro atoms. The average molecular weight is 548 g/mol. The summed E-state index contributed by atoms with van der Waals surface area (Å²) in [7, 11) is 1.69. The summed E-state index contributed by atoms with van der Waals surface area (Å²) in [4.78, 5) is 28.6. The Hall–Kier alpha value is -3.88. The number of hydrogen-bond acceptors (Lipinski definition) is 7. The molecule has 0 saturated heterocycles. The van der Waals surface area contributed by atoms with Crippen molar-refractivity contribution in [3.63, 3.8) is 0 Å². The van der Waals surface area contributed by atoms with E-state index in [0.29, 0.717) is 37.7 Å². The molecular formula is C31H33NO6S. The number of amides is 1. The van der Waals surface area contributed by atoms with Gasteiger partial charge < -0.3 is 18.6 Å². The number of nitrogens with zero attached hydrogens (tertiary/aromatic N) is 1. The van der Waals surface area contributed by atoms with Crippen molar-refractivity contribution >= 4 is 29.1 Å². The number of benzene rings is 2. The Labute approximate surface area is 232 Å². The maximum absolute atomic E-state index is 12.8. The minimum absolute atomic E-state index is 0.131. The largest absolute Gasteiger partial charge is 0.488 e. The van der Waals surface area contributed by atoms with Gasteiger partial charge in [0.1, 0.15) is 12.4 Å². The van der Waals surface area contributed by atoms with E-state index in [1.54, 1.807) is 43.7 Å². The minimum Gasteiger partial charge on any atom is -0.488 e. The van der Waals surface area contributed by atoms with E-state index in [-0.39, 0.29) is 11.9 Å². The molecule has 8 heteroatoms. The molecule has 204 valence electrons. The summed E-state index contributed by atoms with van der Waals surface area (Å²) < 4.78 is 22.1. The van der Waals surface area contributed by atoms with Gasteiger partial charge in [0.15, 0.2) is 6.10 Å². The van der Waals surface area contributed by atoms with E-state index in [2.05, 4.69) is 13.0 Å². The van der Waals surface area contributed by atoms with Gasteiger partial charge in [-0.1, -0.05) is 24.3 Å². The first-order chi connectivity index (χ1) is 18.9. The van der Waals surface area contributed by atoms with Gasteiger partial charge in [0.2, 0.25) is 5.88 Å². The molecule has 2 aromatic heterocycles. The van der Waals surface area contributed by atoms with Crippen LogP contribution < -0.4 is 9.64 Å². The third-order valence-corrected chi connectivity index (χ3v) is 7.47. The normalized spacial score (nSPS) is 11.7. The molecule has 1 unspecified atom stereocenters. The van der Waals surface area contributed by atoms with Gasteiger partial charge in [-0.3, -0.25) is 9.69 Å². The SMILES string of the molecule is CCOC(=O)C(Cc1ccc(OCc2sc(-c3ccc(C(=O)N(C)c4ccco4)cc3)cc2C)cc1)OCC. The lowest BCUT2D eigenvalue weighted by atomic mass is 10.1. The van der Waals surface area contributed by atoms with E-state index in [4.69, 9.17) is 18.6 Å². The number of hydrogen-bond donors (Lipinski definition) is 0. The fraction of sp³-hybridized carbons (Fsp3) is 0.290. The Bertz CT molecular complexity index is 1360. The third kappa shape index (κ3) is 7.16. The number of aryl methyl sites for hydroxylation is 1. The van der Waals surface area contributed by atoms with Gasteiger partial charge in [0, 0.05) is 41.5 Å². The van der Waals surface area contributed by atoms with Gasteiger partial charge >= 0.3 is 5.97 Å². The van der Waals surface area contributed by atoms with Crippen molar-refractivity contribution in [1.29, 1.82) is 0 Å². The van der Waals surface area contributed by atoms with Crippen LogP contribution in [0.1, 0.15) is 40.2 Å². The maximum atomic E-state index is 12.8. The number of carbonyl (C=O) groups is 2. The summed E-state index contributed by atoms with van der Waals surface area (Å²) in [6.07, 6.45) is 1.38.